The van der Waals surface area contributed by atoms with Crippen molar-refractivity contribution >= 4 is 12.1 Å². The van der Waals surface area contributed by atoms with Crippen LogP contribution in [0.5, 0.6) is 0 Å². The summed E-state index contributed by atoms with van der Waals surface area (Å²) >= 11 is 0. The molecule has 0 unspecified atom stereocenters. The second kappa shape index (κ2) is 9.03. The number of fused-ring (bicyclic) bond motifs is 1. The Labute approximate surface area is 155 Å². The van der Waals surface area contributed by atoms with Gasteiger partial charge in [-0.3, -0.25) is 4.90 Å². The largest absolute Gasteiger partial charge is 0.465 e. The van der Waals surface area contributed by atoms with Crippen LogP contribution >= 0.6 is 0 Å². The number of unbranched alkanes of at least 4 members (excludes halogenated alkanes) is 1. The first-order valence-corrected chi connectivity index (χ1v) is 9.18. The van der Waals surface area contributed by atoms with Crippen LogP contribution in [0.25, 0.3) is 0 Å². The molecule has 26 heavy (non-hydrogen) atoms. The highest BCUT2D eigenvalue weighted by Gasteiger charge is 2.18. The van der Waals surface area contributed by atoms with Crippen molar-refractivity contribution in [2.24, 2.45) is 0 Å². The minimum Gasteiger partial charge on any atom is -0.465 e. The summed E-state index contributed by atoms with van der Waals surface area (Å²) < 4.78 is 9.99. The van der Waals surface area contributed by atoms with E-state index in [2.05, 4.69) is 10.2 Å². The zero-order valence-corrected chi connectivity index (χ0v) is 16.3. The number of carbonyl (C=O) groups excluding carboxylic acids is 2. The number of methoxy groups -OCH3 is 1. The van der Waals surface area contributed by atoms with Crippen molar-refractivity contribution in [3.8, 4) is 0 Å². The molecule has 1 N–H and O–H groups in total. The van der Waals surface area contributed by atoms with Gasteiger partial charge in [0.1, 0.15) is 5.60 Å². The van der Waals surface area contributed by atoms with E-state index in [0.29, 0.717) is 12.1 Å². The Morgan fingerprint density at radius 3 is 2.65 bits per heavy atom. The Kier molecular flexibility index (Phi) is 7.03. The summed E-state index contributed by atoms with van der Waals surface area (Å²) in [6.45, 7) is 9.07. The van der Waals surface area contributed by atoms with E-state index in [4.69, 9.17) is 9.47 Å². The molecule has 0 saturated heterocycles. The Balaban J connectivity index is 1.70. The van der Waals surface area contributed by atoms with Gasteiger partial charge in [0.2, 0.25) is 0 Å². The maximum Gasteiger partial charge on any atom is 0.407 e. The van der Waals surface area contributed by atoms with Crippen LogP contribution in [0.1, 0.15) is 55.1 Å². The minimum atomic E-state index is -0.459. The van der Waals surface area contributed by atoms with Crippen LogP contribution in [-0.2, 0) is 22.4 Å². The zero-order valence-electron chi connectivity index (χ0n) is 16.3. The van der Waals surface area contributed by atoms with Crippen molar-refractivity contribution in [3.05, 3.63) is 34.9 Å². The highest BCUT2D eigenvalue weighted by atomic mass is 16.6. The number of carbonyl (C=O) groups is 2. The van der Waals surface area contributed by atoms with Gasteiger partial charge in [0.15, 0.2) is 0 Å². The van der Waals surface area contributed by atoms with Gasteiger partial charge in [-0.05, 0) is 69.8 Å². The van der Waals surface area contributed by atoms with E-state index in [0.717, 1.165) is 38.9 Å². The molecule has 6 heteroatoms. The van der Waals surface area contributed by atoms with Crippen LogP contribution in [0, 0.1) is 0 Å². The summed E-state index contributed by atoms with van der Waals surface area (Å²) in [6, 6.07) is 5.81. The molecule has 1 aromatic rings. The van der Waals surface area contributed by atoms with E-state index >= 15 is 0 Å². The molecule has 2 rings (SSSR count). The number of hydrogen-bond donors (Lipinski definition) is 1. The van der Waals surface area contributed by atoms with Crippen LogP contribution in [0.4, 0.5) is 4.79 Å². The van der Waals surface area contributed by atoms with E-state index in [-0.39, 0.29) is 12.1 Å². The molecular formula is C20H30N2O4. The molecule has 1 aromatic carbocycles. The standard InChI is InChI=1S/C20H30N2O4/c1-20(2,3)26-19(24)21-10-5-6-11-22-12-9-15-13-16(18(23)25-4)7-8-17(15)14-22/h7-8,13H,5-6,9-12,14H2,1-4H3,(H,21,24). The second-order valence-electron chi connectivity index (χ2n) is 7.64. The molecule has 1 amide bonds. The van der Waals surface area contributed by atoms with Gasteiger partial charge in [-0.25, -0.2) is 9.59 Å². The van der Waals surface area contributed by atoms with E-state index < -0.39 is 5.60 Å². The molecule has 0 bridgehead atoms. The molecule has 0 aromatic heterocycles. The topological polar surface area (TPSA) is 67.9 Å². The molecule has 0 aliphatic carbocycles. The van der Waals surface area contributed by atoms with Crippen molar-refractivity contribution in [3.63, 3.8) is 0 Å². The summed E-state index contributed by atoms with van der Waals surface area (Å²) in [7, 11) is 1.40. The lowest BCUT2D eigenvalue weighted by Crippen LogP contribution is -2.34. The molecule has 0 radical (unpaired) electrons. The predicted molar refractivity (Wildman–Crippen MR) is 100 cm³/mol. The van der Waals surface area contributed by atoms with Crippen molar-refractivity contribution in [1.29, 1.82) is 0 Å². The average Bonchev–Trinajstić information content (AvgIpc) is 2.58. The third-order valence-electron chi connectivity index (χ3n) is 4.29. The summed E-state index contributed by atoms with van der Waals surface area (Å²) in [5.74, 6) is -0.285. The first-order valence-electron chi connectivity index (χ1n) is 9.18. The molecule has 0 atom stereocenters. The lowest BCUT2D eigenvalue weighted by Gasteiger charge is -2.29. The van der Waals surface area contributed by atoms with Crippen LogP contribution in [0.2, 0.25) is 0 Å². The molecule has 0 saturated carbocycles. The summed E-state index contributed by atoms with van der Waals surface area (Å²) in [6.07, 6.45) is 2.52. The monoisotopic (exact) mass is 362 g/mol. The minimum absolute atomic E-state index is 0.285. The number of nitrogens with zero attached hydrogens (tertiary/aromatic N) is 1. The molecule has 0 fully saturated rings. The number of benzene rings is 1. The summed E-state index contributed by atoms with van der Waals surface area (Å²) in [5, 5.41) is 2.79. The number of esters is 1. The fourth-order valence-electron chi connectivity index (χ4n) is 3.01. The number of alkyl carbamates (subject to hydrolysis) is 1. The average molecular weight is 362 g/mol. The highest BCUT2D eigenvalue weighted by Crippen LogP contribution is 2.21. The maximum atomic E-state index is 11.6. The molecule has 144 valence electrons. The number of hydrogen-bond acceptors (Lipinski definition) is 5. The van der Waals surface area contributed by atoms with Gasteiger partial charge in [-0.2, -0.15) is 0 Å². The fourth-order valence-corrected chi connectivity index (χ4v) is 3.01. The Morgan fingerprint density at radius 2 is 1.96 bits per heavy atom. The molecular weight excluding hydrogens is 332 g/mol. The molecule has 1 heterocycles. The van der Waals surface area contributed by atoms with Gasteiger partial charge in [-0.1, -0.05) is 6.07 Å². The molecule has 6 nitrogen and oxygen atoms in total. The lowest BCUT2D eigenvalue weighted by molar-refractivity contribution is 0.0525. The predicted octanol–water partition coefficient (Wildman–Crippen LogP) is 3.14. The van der Waals surface area contributed by atoms with Crippen molar-refractivity contribution in [1.82, 2.24) is 10.2 Å². The highest BCUT2D eigenvalue weighted by molar-refractivity contribution is 5.89. The van der Waals surface area contributed by atoms with Gasteiger partial charge in [0.05, 0.1) is 12.7 Å². The van der Waals surface area contributed by atoms with E-state index in [1.54, 1.807) is 0 Å². The fraction of sp³-hybridized carbons (Fsp3) is 0.600. The molecule has 1 aliphatic heterocycles. The van der Waals surface area contributed by atoms with Crippen LogP contribution < -0.4 is 5.32 Å². The Bertz CT molecular complexity index is 637. The number of nitrogens with one attached hydrogen (secondary N) is 1. The van der Waals surface area contributed by atoms with E-state index in [1.807, 2.05) is 39.0 Å². The van der Waals surface area contributed by atoms with Crippen molar-refractivity contribution in [2.45, 2.75) is 52.2 Å². The number of amides is 1. The van der Waals surface area contributed by atoms with Crippen LogP contribution in [0.15, 0.2) is 18.2 Å². The van der Waals surface area contributed by atoms with Gasteiger partial charge < -0.3 is 14.8 Å². The quantitative estimate of drug-likeness (QED) is 0.622. The van der Waals surface area contributed by atoms with Gasteiger partial charge >= 0.3 is 12.1 Å². The van der Waals surface area contributed by atoms with E-state index in [9.17, 15) is 9.59 Å². The first-order chi connectivity index (χ1) is 12.3. The Hall–Kier alpha value is -2.08. The number of ether oxygens (including phenoxy) is 2. The second-order valence-corrected chi connectivity index (χ2v) is 7.64. The van der Waals surface area contributed by atoms with Gasteiger partial charge in [0.25, 0.3) is 0 Å². The van der Waals surface area contributed by atoms with E-state index in [1.165, 1.54) is 18.2 Å². The number of rotatable bonds is 6. The maximum absolute atomic E-state index is 11.6. The molecule has 0 spiro atoms. The van der Waals surface area contributed by atoms with Crippen molar-refractivity contribution < 1.29 is 19.1 Å². The van der Waals surface area contributed by atoms with Crippen LogP contribution in [0.3, 0.4) is 0 Å². The zero-order chi connectivity index (χ0) is 19.2. The third kappa shape index (κ3) is 6.33. The van der Waals surface area contributed by atoms with Gasteiger partial charge in [0, 0.05) is 19.6 Å². The van der Waals surface area contributed by atoms with Gasteiger partial charge in [-0.15, -0.1) is 0 Å². The van der Waals surface area contributed by atoms with Crippen LogP contribution in [-0.4, -0.2) is 49.3 Å². The third-order valence-corrected chi connectivity index (χ3v) is 4.29. The smallest absolute Gasteiger partial charge is 0.407 e. The summed E-state index contributed by atoms with van der Waals surface area (Å²) in [5.41, 5.74) is 2.67. The molecule has 1 aliphatic rings. The van der Waals surface area contributed by atoms with Crippen molar-refractivity contribution in [2.75, 3.05) is 26.7 Å². The normalized spacial score (nSPS) is 14.5. The SMILES string of the molecule is COC(=O)c1ccc2c(c1)CCN(CCCCNC(=O)OC(C)(C)C)C2. The lowest BCUT2D eigenvalue weighted by atomic mass is 9.97. The first kappa shape index (κ1) is 20.2. The summed E-state index contributed by atoms with van der Waals surface area (Å²) in [4.78, 5) is 25.6. The Morgan fingerprint density at radius 1 is 1.19 bits per heavy atom.